The molecule has 1 saturated heterocycles. The Morgan fingerprint density at radius 3 is 3.36 bits per heavy atom. The number of hydrogen-bond donors (Lipinski definition) is 1. The van der Waals surface area contributed by atoms with Crippen molar-refractivity contribution in [2.75, 3.05) is 20.1 Å². The van der Waals surface area contributed by atoms with Crippen LogP contribution in [0.3, 0.4) is 0 Å². The summed E-state index contributed by atoms with van der Waals surface area (Å²) in [5, 5.41) is 7.12. The van der Waals surface area contributed by atoms with E-state index in [1.165, 1.54) is 19.2 Å². The zero-order valence-corrected chi connectivity index (χ0v) is 8.44. The maximum Gasteiger partial charge on any atom is 0.213 e. The second kappa shape index (κ2) is 4.52. The maximum absolute atomic E-state index is 4.71. The largest absolute Gasteiger partial charge is 0.343 e. The first kappa shape index (κ1) is 9.61. The number of nitrogens with zero attached hydrogens (tertiary/aromatic N) is 3. The highest BCUT2D eigenvalue weighted by Crippen LogP contribution is 2.11. The van der Waals surface area contributed by atoms with Gasteiger partial charge in [-0.3, -0.25) is 4.90 Å². The molecular weight excluding hydrogens is 180 g/mol. The Balaban J connectivity index is 1.86. The lowest BCUT2D eigenvalue weighted by molar-refractivity contribution is 0.182. The Hall–Kier alpha value is -0.940. The van der Waals surface area contributed by atoms with Crippen molar-refractivity contribution in [2.45, 2.75) is 25.4 Å². The molecule has 0 aromatic carbocycles. The van der Waals surface area contributed by atoms with Gasteiger partial charge in [0.05, 0.1) is 6.54 Å². The molecule has 0 amide bonds. The standard InChI is InChI=1S/C9H16N4O/c1-10-8-3-2-4-13(5-8)6-9-11-7-14-12-9/h7-8,10H,2-6H2,1H3. The zero-order valence-electron chi connectivity index (χ0n) is 8.44. The average Bonchev–Trinajstić information content (AvgIpc) is 2.71. The van der Waals surface area contributed by atoms with Gasteiger partial charge in [-0.25, -0.2) is 0 Å². The number of aromatic nitrogens is 2. The number of rotatable bonds is 3. The van der Waals surface area contributed by atoms with Gasteiger partial charge in [-0.05, 0) is 26.4 Å². The van der Waals surface area contributed by atoms with E-state index in [0.29, 0.717) is 6.04 Å². The van der Waals surface area contributed by atoms with Gasteiger partial charge < -0.3 is 9.84 Å². The van der Waals surface area contributed by atoms with Crippen molar-refractivity contribution in [2.24, 2.45) is 0 Å². The molecule has 14 heavy (non-hydrogen) atoms. The minimum absolute atomic E-state index is 0.607. The van der Waals surface area contributed by atoms with Crippen LogP contribution in [0.4, 0.5) is 0 Å². The van der Waals surface area contributed by atoms with Crippen molar-refractivity contribution in [1.82, 2.24) is 20.4 Å². The van der Waals surface area contributed by atoms with E-state index in [2.05, 4.69) is 20.4 Å². The number of piperidine rings is 1. The van der Waals surface area contributed by atoms with Gasteiger partial charge in [0, 0.05) is 12.6 Å². The first-order valence-electron chi connectivity index (χ1n) is 5.03. The van der Waals surface area contributed by atoms with Crippen LogP contribution in [0.15, 0.2) is 10.9 Å². The Morgan fingerprint density at radius 2 is 2.64 bits per heavy atom. The van der Waals surface area contributed by atoms with Crippen molar-refractivity contribution < 1.29 is 4.52 Å². The zero-order chi connectivity index (χ0) is 9.80. The van der Waals surface area contributed by atoms with Gasteiger partial charge in [0.15, 0.2) is 5.82 Å². The molecular formula is C9H16N4O. The highest BCUT2D eigenvalue weighted by molar-refractivity contribution is 4.83. The van der Waals surface area contributed by atoms with E-state index in [4.69, 9.17) is 4.52 Å². The topological polar surface area (TPSA) is 54.2 Å². The summed E-state index contributed by atoms with van der Waals surface area (Å²) < 4.78 is 4.71. The monoisotopic (exact) mass is 196 g/mol. The average molecular weight is 196 g/mol. The van der Waals surface area contributed by atoms with E-state index >= 15 is 0 Å². The molecule has 1 aliphatic rings. The summed E-state index contributed by atoms with van der Waals surface area (Å²) in [6.07, 6.45) is 3.89. The summed E-state index contributed by atoms with van der Waals surface area (Å²) in [6, 6.07) is 0.607. The summed E-state index contributed by atoms with van der Waals surface area (Å²) >= 11 is 0. The highest BCUT2D eigenvalue weighted by atomic mass is 16.5. The fraction of sp³-hybridized carbons (Fsp3) is 0.778. The van der Waals surface area contributed by atoms with Crippen LogP contribution in [0, 0.1) is 0 Å². The SMILES string of the molecule is CNC1CCCN(Cc2ncon2)C1. The predicted octanol–water partition coefficient (Wildman–Crippen LogP) is 0.253. The summed E-state index contributed by atoms with van der Waals surface area (Å²) in [4.78, 5) is 6.38. The van der Waals surface area contributed by atoms with Crippen molar-refractivity contribution in [3.8, 4) is 0 Å². The molecule has 0 radical (unpaired) electrons. The van der Waals surface area contributed by atoms with Crippen LogP contribution in [-0.4, -0.2) is 41.2 Å². The molecule has 5 heteroatoms. The molecule has 5 nitrogen and oxygen atoms in total. The molecule has 2 rings (SSSR count). The van der Waals surface area contributed by atoms with E-state index in [9.17, 15) is 0 Å². The van der Waals surface area contributed by atoms with Crippen LogP contribution in [0.5, 0.6) is 0 Å². The third-order valence-corrected chi connectivity index (χ3v) is 2.69. The third-order valence-electron chi connectivity index (χ3n) is 2.69. The molecule has 1 fully saturated rings. The minimum Gasteiger partial charge on any atom is -0.343 e. The Bertz CT molecular complexity index is 262. The minimum atomic E-state index is 0.607. The van der Waals surface area contributed by atoms with Crippen LogP contribution >= 0.6 is 0 Å². The molecule has 0 bridgehead atoms. The molecule has 1 N–H and O–H groups in total. The first-order chi connectivity index (χ1) is 6.88. The van der Waals surface area contributed by atoms with Gasteiger partial charge in [0.2, 0.25) is 6.39 Å². The van der Waals surface area contributed by atoms with Crippen LogP contribution in [0.25, 0.3) is 0 Å². The quantitative estimate of drug-likeness (QED) is 0.751. The Labute approximate surface area is 83.5 Å². The lowest BCUT2D eigenvalue weighted by atomic mass is 10.1. The van der Waals surface area contributed by atoms with Gasteiger partial charge in [-0.15, -0.1) is 0 Å². The fourth-order valence-corrected chi connectivity index (χ4v) is 1.90. The number of likely N-dealkylation sites (N-methyl/N-ethyl adjacent to an activating group) is 1. The smallest absolute Gasteiger partial charge is 0.213 e. The summed E-state index contributed by atoms with van der Waals surface area (Å²) in [7, 11) is 2.02. The molecule has 0 aliphatic carbocycles. The molecule has 1 aliphatic heterocycles. The van der Waals surface area contributed by atoms with E-state index in [1.807, 2.05) is 7.05 Å². The third kappa shape index (κ3) is 2.30. The molecule has 0 saturated carbocycles. The molecule has 1 aromatic rings. The van der Waals surface area contributed by atoms with Crippen LogP contribution in [0.1, 0.15) is 18.7 Å². The Kier molecular flexibility index (Phi) is 3.10. The van der Waals surface area contributed by atoms with Gasteiger partial charge in [0.1, 0.15) is 0 Å². The first-order valence-corrected chi connectivity index (χ1v) is 5.03. The van der Waals surface area contributed by atoms with Crippen molar-refractivity contribution in [1.29, 1.82) is 0 Å². The van der Waals surface area contributed by atoms with Crippen LogP contribution in [0.2, 0.25) is 0 Å². The van der Waals surface area contributed by atoms with E-state index < -0.39 is 0 Å². The van der Waals surface area contributed by atoms with Gasteiger partial charge >= 0.3 is 0 Å². The fourth-order valence-electron chi connectivity index (χ4n) is 1.90. The molecule has 1 atom stereocenters. The van der Waals surface area contributed by atoms with Crippen molar-refractivity contribution >= 4 is 0 Å². The van der Waals surface area contributed by atoms with Crippen molar-refractivity contribution in [3.05, 3.63) is 12.2 Å². The molecule has 2 heterocycles. The van der Waals surface area contributed by atoms with Gasteiger partial charge in [-0.1, -0.05) is 5.16 Å². The second-order valence-electron chi connectivity index (χ2n) is 3.71. The van der Waals surface area contributed by atoms with Crippen LogP contribution < -0.4 is 5.32 Å². The molecule has 0 spiro atoms. The molecule has 1 unspecified atom stereocenters. The lowest BCUT2D eigenvalue weighted by Crippen LogP contribution is -2.44. The number of nitrogens with one attached hydrogen (secondary N) is 1. The summed E-state index contributed by atoms with van der Waals surface area (Å²) in [5.41, 5.74) is 0. The highest BCUT2D eigenvalue weighted by Gasteiger charge is 2.19. The number of likely N-dealkylation sites (tertiary alicyclic amines) is 1. The van der Waals surface area contributed by atoms with Gasteiger partial charge in [0.25, 0.3) is 0 Å². The van der Waals surface area contributed by atoms with Crippen molar-refractivity contribution in [3.63, 3.8) is 0 Å². The second-order valence-corrected chi connectivity index (χ2v) is 3.71. The van der Waals surface area contributed by atoms with E-state index in [1.54, 1.807) is 0 Å². The lowest BCUT2D eigenvalue weighted by Gasteiger charge is -2.31. The predicted molar refractivity (Wildman–Crippen MR) is 51.7 cm³/mol. The normalized spacial score (nSPS) is 23.9. The Morgan fingerprint density at radius 1 is 1.71 bits per heavy atom. The summed E-state index contributed by atoms with van der Waals surface area (Å²) in [6.45, 7) is 3.01. The van der Waals surface area contributed by atoms with Crippen LogP contribution in [-0.2, 0) is 6.54 Å². The maximum atomic E-state index is 4.71. The molecule has 1 aromatic heterocycles. The van der Waals surface area contributed by atoms with Gasteiger partial charge in [-0.2, -0.15) is 4.98 Å². The number of hydrogen-bond acceptors (Lipinski definition) is 5. The van der Waals surface area contributed by atoms with E-state index in [-0.39, 0.29) is 0 Å². The molecule has 78 valence electrons. The van der Waals surface area contributed by atoms with E-state index in [0.717, 1.165) is 25.5 Å². The summed E-state index contributed by atoms with van der Waals surface area (Å²) in [5.74, 6) is 0.779.